The zero-order chi connectivity index (χ0) is 23.6. The lowest BCUT2D eigenvalue weighted by atomic mass is 10.1. The van der Waals surface area contributed by atoms with Crippen LogP contribution in [0.4, 0.5) is 10.1 Å². The number of hydrazone groups is 1. The molecule has 3 rings (SSSR count). The topological polar surface area (TPSA) is 78.8 Å². The summed E-state index contributed by atoms with van der Waals surface area (Å²) in [4.78, 5) is 38.2. The third-order valence-electron chi connectivity index (χ3n) is 4.66. The highest BCUT2D eigenvalue weighted by molar-refractivity contribution is 6.06. The predicted molar refractivity (Wildman–Crippen MR) is 125 cm³/mol. The fraction of sp³-hybridized carbons (Fsp3) is 0.154. The molecule has 7 heteroatoms. The van der Waals surface area contributed by atoms with Crippen molar-refractivity contribution in [1.82, 2.24) is 5.01 Å². The highest BCUT2D eigenvalue weighted by Gasteiger charge is 2.22. The number of carbonyl (C=O) groups is 3. The lowest BCUT2D eigenvalue weighted by molar-refractivity contribution is -0.144. The van der Waals surface area contributed by atoms with Crippen LogP contribution in [0, 0.1) is 5.82 Å². The van der Waals surface area contributed by atoms with E-state index in [0.29, 0.717) is 5.69 Å². The average Bonchev–Trinajstić information content (AvgIpc) is 2.78. The second kappa shape index (κ2) is 11.5. The minimum absolute atomic E-state index is 0.00631. The Morgan fingerprint density at radius 3 is 1.88 bits per heavy atom. The Balaban J connectivity index is 1.74. The van der Waals surface area contributed by atoms with Crippen LogP contribution in [0.3, 0.4) is 0 Å². The molecule has 6 nitrogen and oxygen atoms in total. The van der Waals surface area contributed by atoms with Crippen LogP contribution < -0.4 is 5.32 Å². The highest BCUT2D eigenvalue weighted by atomic mass is 19.1. The molecular weight excluding hydrogens is 421 g/mol. The number of halogens is 1. The Hall–Kier alpha value is -4.13. The van der Waals surface area contributed by atoms with Gasteiger partial charge in [-0.2, -0.15) is 10.1 Å². The maximum absolute atomic E-state index is 13.3. The molecule has 0 saturated heterocycles. The van der Waals surface area contributed by atoms with E-state index in [4.69, 9.17) is 0 Å². The fourth-order valence-electron chi connectivity index (χ4n) is 3.15. The SMILES string of the molecule is C/C(CC(=O)Nc1cccc(F)c1)=N\N(C(=O)Cc1ccccc1)C(=O)Cc1ccccc1. The number of carbonyl (C=O) groups excluding carboxylic acids is 3. The third-order valence-corrected chi connectivity index (χ3v) is 4.66. The molecule has 0 fully saturated rings. The van der Waals surface area contributed by atoms with Crippen LogP contribution in [0.25, 0.3) is 0 Å². The average molecular weight is 445 g/mol. The van der Waals surface area contributed by atoms with E-state index in [1.165, 1.54) is 18.2 Å². The molecule has 0 radical (unpaired) electrons. The van der Waals surface area contributed by atoms with E-state index in [0.717, 1.165) is 16.1 Å². The van der Waals surface area contributed by atoms with E-state index < -0.39 is 23.5 Å². The Morgan fingerprint density at radius 1 is 0.818 bits per heavy atom. The van der Waals surface area contributed by atoms with Gasteiger partial charge in [0.2, 0.25) is 5.91 Å². The molecule has 0 aromatic heterocycles. The van der Waals surface area contributed by atoms with Crippen LogP contribution in [0.2, 0.25) is 0 Å². The minimum atomic E-state index is -0.494. The molecular formula is C26H24FN3O3. The molecule has 0 spiro atoms. The number of nitrogens with one attached hydrogen (secondary N) is 1. The minimum Gasteiger partial charge on any atom is -0.326 e. The van der Waals surface area contributed by atoms with Crippen LogP contribution in [-0.2, 0) is 27.2 Å². The maximum Gasteiger partial charge on any atom is 0.254 e. The van der Waals surface area contributed by atoms with E-state index in [1.807, 2.05) is 36.4 Å². The molecule has 3 amide bonds. The maximum atomic E-state index is 13.3. The summed E-state index contributed by atoms with van der Waals surface area (Å²) in [6.07, 6.45) is -0.175. The van der Waals surface area contributed by atoms with Gasteiger partial charge in [0, 0.05) is 11.4 Å². The summed E-state index contributed by atoms with van der Waals surface area (Å²) >= 11 is 0. The quantitative estimate of drug-likeness (QED) is 0.413. The number of hydrogen-bond donors (Lipinski definition) is 1. The van der Waals surface area contributed by atoms with E-state index in [2.05, 4.69) is 10.4 Å². The summed E-state index contributed by atoms with van der Waals surface area (Å²) in [5.41, 5.74) is 2.07. The van der Waals surface area contributed by atoms with Gasteiger partial charge in [0.1, 0.15) is 5.82 Å². The van der Waals surface area contributed by atoms with Crippen LogP contribution in [0.1, 0.15) is 24.5 Å². The van der Waals surface area contributed by atoms with Crippen molar-refractivity contribution in [3.63, 3.8) is 0 Å². The van der Waals surface area contributed by atoms with Gasteiger partial charge in [0.05, 0.1) is 19.3 Å². The predicted octanol–water partition coefficient (Wildman–Crippen LogP) is 4.37. The molecule has 3 aromatic rings. The number of benzene rings is 3. The van der Waals surface area contributed by atoms with Gasteiger partial charge in [-0.3, -0.25) is 14.4 Å². The van der Waals surface area contributed by atoms with Crippen LogP contribution in [0.15, 0.2) is 90.0 Å². The molecule has 0 saturated carbocycles. The van der Waals surface area contributed by atoms with Gasteiger partial charge < -0.3 is 5.32 Å². The number of rotatable bonds is 8. The monoisotopic (exact) mass is 445 g/mol. The van der Waals surface area contributed by atoms with Crippen molar-refractivity contribution in [1.29, 1.82) is 0 Å². The van der Waals surface area contributed by atoms with Gasteiger partial charge in [-0.15, -0.1) is 0 Å². The molecule has 0 heterocycles. The van der Waals surface area contributed by atoms with E-state index >= 15 is 0 Å². The Bertz CT molecular complexity index is 1090. The second-order valence-electron chi connectivity index (χ2n) is 7.49. The molecule has 0 bridgehead atoms. The first-order chi connectivity index (χ1) is 15.9. The van der Waals surface area contributed by atoms with Gasteiger partial charge in [-0.1, -0.05) is 66.7 Å². The molecule has 0 aliphatic rings. The largest absolute Gasteiger partial charge is 0.326 e. The lowest BCUT2D eigenvalue weighted by Gasteiger charge is -2.17. The fourth-order valence-corrected chi connectivity index (χ4v) is 3.15. The van der Waals surface area contributed by atoms with Crippen molar-refractivity contribution >= 4 is 29.1 Å². The number of nitrogens with zero attached hydrogens (tertiary/aromatic N) is 2. The van der Waals surface area contributed by atoms with Crippen LogP contribution in [0.5, 0.6) is 0 Å². The van der Waals surface area contributed by atoms with Crippen molar-refractivity contribution in [3.05, 3.63) is 102 Å². The number of imide groups is 1. The molecule has 3 aromatic carbocycles. The van der Waals surface area contributed by atoms with Gasteiger partial charge in [-0.25, -0.2) is 4.39 Å². The number of hydrogen-bond acceptors (Lipinski definition) is 4. The first-order valence-electron chi connectivity index (χ1n) is 10.4. The van der Waals surface area contributed by atoms with Crippen molar-refractivity contribution in [2.75, 3.05) is 5.32 Å². The van der Waals surface area contributed by atoms with Crippen molar-refractivity contribution < 1.29 is 18.8 Å². The van der Waals surface area contributed by atoms with Gasteiger partial charge in [-0.05, 0) is 36.2 Å². The summed E-state index contributed by atoms with van der Waals surface area (Å²) in [5.74, 6) is -1.89. The van der Waals surface area contributed by atoms with Gasteiger partial charge in [0.15, 0.2) is 0 Å². The molecule has 33 heavy (non-hydrogen) atoms. The Kier molecular flexibility index (Phi) is 8.18. The smallest absolute Gasteiger partial charge is 0.254 e. The standard InChI is InChI=1S/C26H24FN3O3/c1-19(15-24(31)28-23-14-8-13-22(27)18-23)29-30(25(32)16-20-9-4-2-5-10-20)26(33)17-21-11-6-3-7-12-21/h2-14,18H,15-17H2,1H3,(H,28,31)/b29-19+. The van der Waals surface area contributed by atoms with Gasteiger partial charge >= 0.3 is 0 Å². The summed E-state index contributed by atoms with van der Waals surface area (Å²) in [7, 11) is 0. The molecule has 168 valence electrons. The summed E-state index contributed by atoms with van der Waals surface area (Å²) in [6, 6.07) is 23.6. The van der Waals surface area contributed by atoms with E-state index in [1.54, 1.807) is 37.3 Å². The number of anilines is 1. The zero-order valence-corrected chi connectivity index (χ0v) is 18.2. The Morgan fingerprint density at radius 2 is 1.36 bits per heavy atom. The zero-order valence-electron chi connectivity index (χ0n) is 18.2. The summed E-state index contributed by atoms with van der Waals surface area (Å²) in [6.45, 7) is 1.56. The van der Waals surface area contributed by atoms with Crippen molar-refractivity contribution in [2.24, 2.45) is 5.10 Å². The summed E-state index contributed by atoms with van der Waals surface area (Å²) in [5, 5.41) is 7.60. The van der Waals surface area contributed by atoms with Crippen molar-refractivity contribution in [2.45, 2.75) is 26.2 Å². The second-order valence-corrected chi connectivity index (χ2v) is 7.49. The van der Waals surface area contributed by atoms with E-state index in [-0.39, 0.29) is 25.0 Å². The Labute approximate surface area is 191 Å². The number of amides is 3. The van der Waals surface area contributed by atoms with Crippen LogP contribution >= 0.6 is 0 Å². The summed E-state index contributed by atoms with van der Waals surface area (Å²) < 4.78 is 13.3. The van der Waals surface area contributed by atoms with Crippen LogP contribution in [-0.4, -0.2) is 28.4 Å². The van der Waals surface area contributed by atoms with E-state index in [9.17, 15) is 18.8 Å². The highest BCUT2D eigenvalue weighted by Crippen LogP contribution is 2.11. The molecule has 1 N–H and O–H groups in total. The molecule has 0 aliphatic heterocycles. The van der Waals surface area contributed by atoms with Gasteiger partial charge in [0.25, 0.3) is 11.8 Å². The molecule has 0 aliphatic carbocycles. The molecule has 0 atom stereocenters. The van der Waals surface area contributed by atoms with Crippen molar-refractivity contribution in [3.8, 4) is 0 Å². The normalized spacial score (nSPS) is 11.0. The third kappa shape index (κ3) is 7.50. The lowest BCUT2D eigenvalue weighted by Crippen LogP contribution is -2.36. The first kappa shape index (κ1) is 23.5. The first-order valence-corrected chi connectivity index (χ1v) is 10.4. The molecule has 0 unspecified atom stereocenters.